The van der Waals surface area contributed by atoms with Crippen molar-refractivity contribution >= 4 is 10.1 Å². The summed E-state index contributed by atoms with van der Waals surface area (Å²) in [6.07, 6.45) is 0. The van der Waals surface area contributed by atoms with Gasteiger partial charge < -0.3 is 0 Å². The Kier molecular flexibility index (Phi) is 2.04. The van der Waals surface area contributed by atoms with Gasteiger partial charge in [-0.05, 0) is 4.53 Å². The van der Waals surface area contributed by atoms with Crippen molar-refractivity contribution in [1.82, 2.24) is 0 Å². The van der Waals surface area contributed by atoms with Gasteiger partial charge in [-0.3, -0.25) is 4.55 Å². The molecule has 0 aliphatic heterocycles. The van der Waals surface area contributed by atoms with E-state index in [1.807, 2.05) is 0 Å². The zero-order valence-corrected chi connectivity index (χ0v) is 4.53. The maximum absolute atomic E-state index is 11.2. The van der Waals surface area contributed by atoms with Crippen LogP contribution in [0.5, 0.6) is 0 Å². The normalized spacial score (nSPS) is 13.8. The van der Waals surface area contributed by atoms with Crippen LogP contribution >= 0.6 is 0 Å². The predicted molar refractivity (Wildman–Crippen MR) is 18.7 cm³/mol. The van der Waals surface area contributed by atoms with Crippen molar-refractivity contribution < 1.29 is 31.2 Å². The Bertz CT molecular complexity index is 182. The van der Waals surface area contributed by atoms with Crippen LogP contribution < -0.4 is 0 Å². The Labute approximate surface area is 47.9 Å². The van der Waals surface area contributed by atoms with Gasteiger partial charge in [-0.25, -0.2) is 0 Å². The van der Waals surface area contributed by atoms with Gasteiger partial charge in [0.05, 0.1) is 0 Å². The molecule has 0 spiro atoms. The number of alkyl halides is 2. The van der Waals surface area contributed by atoms with Gasteiger partial charge in [-0.1, -0.05) is 0 Å². The fraction of sp³-hybridized carbons (Fsp3) is 1.00. The molecule has 56 valence electrons. The average Bonchev–Trinajstić information content (AvgIpc) is 1.64. The van der Waals surface area contributed by atoms with E-state index in [0.29, 0.717) is 0 Å². The molecule has 0 fully saturated rings. The van der Waals surface area contributed by atoms with Crippen LogP contribution in [0.2, 0.25) is 0 Å². The molecule has 0 aliphatic carbocycles. The highest BCUT2D eigenvalue weighted by Crippen LogP contribution is 2.21. The zero-order chi connectivity index (χ0) is 7.71. The van der Waals surface area contributed by atoms with Crippen molar-refractivity contribution in [2.24, 2.45) is 0 Å². The number of hydrogen-bond donors (Lipinski definition) is 1. The van der Waals surface area contributed by atoms with Gasteiger partial charge in [0, 0.05) is 0 Å². The predicted octanol–water partition coefficient (Wildman–Crippen LogP) is 0.326. The summed E-state index contributed by atoms with van der Waals surface area (Å²) in [4.78, 5) is 1.63. The van der Waals surface area contributed by atoms with E-state index in [4.69, 9.17) is 4.55 Å². The van der Waals surface area contributed by atoms with Crippen LogP contribution in [0.1, 0.15) is 0 Å². The van der Waals surface area contributed by atoms with Crippen molar-refractivity contribution in [1.29, 1.82) is 0 Å². The quantitative estimate of drug-likeness (QED) is 0.600. The second-order valence-corrected chi connectivity index (χ2v) is 2.44. The highest BCUT2D eigenvalue weighted by atomic mass is 32.2. The van der Waals surface area contributed by atoms with Crippen molar-refractivity contribution in [3.8, 4) is 0 Å². The van der Waals surface area contributed by atoms with Gasteiger partial charge in [-0.2, -0.15) is 17.2 Å². The summed E-state index contributed by atoms with van der Waals surface area (Å²) in [5.41, 5.74) is -5.16. The minimum absolute atomic E-state index is 1.63. The van der Waals surface area contributed by atoms with Gasteiger partial charge in [0.1, 0.15) is 0 Å². The lowest BCUT2D eigenvalue weighted by atomic mass is 11.5. The standard InChI is InChI=1S/CHF3O4S/c2-1(3,8-4)9(5,6)7/h(H,5,6,7). The van der Waals surface area contributed by atoms with E-state index in [1.54, 1.807) is 4.94 Å². The number of hydrogen-bond acceptors (Lipinski definition) is 3. The average molecular weight is 166 g/mol. The molecular weight excluding hydrogens is 165 g/mol. The largest absolute Gasteiger partial charge is 0.517 e. The van der Waals surface area contributed by atoms with E-state index in [2.05, 4.69) is 0 Å². The molecule has 0 radical (unpaired) electrons. The molecule has 9 heavy (non-hydrogen) atoms. The van der Waals surface area contributed by atoms with Crippen molar-refractivity contribution in [3.63, 3.8) is 0 Å². The highest BCUT2D eigenvalue weighted by Gasteiger charge is 2.47. The summed E-state index contributed by atoms with van der Waals surface area (Å²) in [6, 6.07) is 0. The first kappa shape index (κ1) is 8.66. The second-order valence-electron chi connectivity index (χ2n) is 1.02. The molecule has 0 saturated carbocycles. The molecule has 0 aromatic carbocycles. The van der Waals surface area contributed by atoms with Crippen LogP contribution in [-0.2, 0) is 15.1 Å². The molecule has 0 heterocycles. The Morgan fingerprint density at radius 2 is 1.78 bits per heavy atom. The minimum atomic E-state index is -5.78. The first-order valence-corrected chi connectivity index (χ1v) is 2.90. The van der Waals surface area contributed by atoms with Crippen LogP contribution in [0.25, 0.3) is 0 Å². The maximum Gasteiger partial charge on any atom is 0.517 e. The summed E-state index contributed by atoms with van der Waals surface area (Å²) in [7, 11) is -5.78. The summed E-state index contributed by atoms with van der Waals surface area (Å²) in [5, 5.41) is 0. The van der Waals surface area contributed by atoms with Gasteiger partial charge >= 0.3 is 15.6 Å². The highest BCUT2D eigenvalue weighted by molar-refractivity contribution is 7.86. The minimum Gasteiger partial charge on any atom is -0.279 e. The lowest BCUT2D eigenvalue weighted by Crippen LogP contribution is -2.28. The van der Waals surface area contributed by atoms with E-state index in [9.17, 15) is 21.7 Å². The van der Waals surface area contributed by atoms with Crippen LogP contribution in [0.4, 0.5) is 13.3 Å². The first-order chi connectivity index (χ1) is 3.81. The van der Waals surface area contributed by atoms with Crippen LogP contribution in [-0.4, -0.2) is 18.4 Å². The Morgan fingerprint density at radius 1 is 1.44 bits per heavy atom. The third kappa shape index (κ3) is 1.80. The molecule has 0 atom stereocenters. The molecule has 0 bridgehead atoms. The van der Waals surface area contributed by atoms with E-state index in [-0.39, 0.29) is 0 Å². The molecule has 0 aromatic rings. The number of halogens is 3. The molecule has 4 nitrogen and oxygen atoms in total. The molecular formula is CHF3O4S. The fourth-order valence-electron chi connectivity index (χ4n) is 0.0398. The van der Waals surface area contributed by atoms with Gasteiger partial charge in [0.15, 0.2) is 0 Å². The molecule has 1 N–H and O–H groups in total. The smallest absolute Gasteiger partial charge is 0.279 e. The fourth-order valence-corrected chi connectivity index (χ4v) is 0.119. The Hall–Kier alpha value is -0.340. The molecule has 0 aliphatic rings. The third-order valence-corrected chi connectivity index (χ3v) is 1.05. The first-order valence-electron chi connectivity index (χ1n) is 1.46. The van der Waals surface area contributed by atoms with Crippen LogP contribution in [0.3, 0.4) is 0 Å². The maximum atomic E-state index is 11.2. The topological polar surface area (TPSA) is 63.6 Å². The molecule has 0 saturated heterocycles. The van der Waals surface area contributed by atoms with Crippen LogP contribution in [0, 0.1) is 0 Å². The van der Waals surface area contributed by atoms with E-state index in [0.717, 1.165) is 0 Å². The van der Waals surface area contributed by atoms with Crippen molar-refractivity contribution in [2.45, 2.75) is 5.44 Å². The summed E-state index contributed by atoms with van der Waals surface area (Å²) in [5.74, 6) is 0. The Balaban J connectivity index is 4.56. The van der Waals surface area contributed by atoms with Gasteiger partial charge in [0.25, 0.3) is 0 Å². The lowest BCUT2D eigenvalue weighted by molar-refractivity contribution is -0.307. The van der Waals surface area contributed by atoms with E-state index < -0.39 is 15.6 Å². The molecule has 0 aromatic heterocycles. The molecule has 0 unspecified atom stereocenters. The summed E-state index contributed by atoms with van der Waals surface area (Å²) >= 11 is 0. The Morgan fingerprint density at radius 3 is 1.78 bits per heavy atom. The lowest BCUT2D eigenvalue weighted by Gasteiger charge is -2.03. The van der Waals surface area contributed by atoms with Crippen LogP contribution in [0.15, 0.2) is 0 Å². The van der Waals surface area contributed by atoms with Crippen molar-refractivity contribution in [2.75, 3.05) is 0 Å². The molecule has 0 rings (SSSR count). The third-order valence-electron chi connectivity index (χ3n) is 0.390. The molecule has 8 heteroatoms. The summed E-state index contributed by atoms with van der Waals surface area (Å²) in [6.45, 7) is 0. The zero-order valence-electron chi connectivity index (χ0n) is 3.71. The second kappa shape index (κ2) is 2.12. The monoisotopic (exact) mass is 166 g/mol. The van der Waals surface area contributed by atoms with Gasteiger partial charge in [-0.15, -0.1) is 4.94 Å². The van der Waals surface area contributed by atoms with Crippen molar-refractivity contribution in [3.05, 3.63) is 0 Å². The van der Waals surface area contributed by atoms with Gasteiger partial charge in [0.2, 0.25) is 0 Å². The van der Waals surface area contributed by atoms with E-state index in [1.165, 1.54) is 0 Å². The SMILES string of the molecule is O=S(=O)(O)C(F)(F)OF. The molecule has 0 amide bonds. The summed E-state index contributed by atoms with van der Waals surface area (Å²) < 4.78 is 59.0. The van der Waals surface area contributed by atoms with E-state index >= 15 is 0 Å². The number of rotatable bonds is 2.